The van der Waals surface area contributed by atoms with Crippen LogP contribution in [0.15, 0.2) is 71.1 Å². The lowest BCUT2D eigenvalue weighted by molar-refractivity contribution is 0.570. The molecule has 33 heavy (non-hydrogen) atoms. The Balaban J connectivity index is 1.66. The van der Waals surface area contributed by atoms with Crippen LogP contribution in [0.25, 0.3) is 11.3 Å². The lowest BCUT2D eigenvalue weighted by atomic mass is 10.0. The number of benzene rings is 2. The third-order valence-corrected chi connectivity index (χ3v) is 5.19. The first-order chi connectivity index (χ1) is 15.8. The Labute approximate surface area is 193 Å². The normalized spacial score (nSPS) is 15.0. The minimum Gasteiger partial charge on any atom is -0.324 e. The van der Waals surface area contributed by atoms with E-state index < -0.39 is 17.5 Å². The zero-order valence-corrected chi connectivity index (χ0v) is 18.5. The SMILES string of the molecule is CC1=NC(Nc2cc(F)c(-n3cnc(C)c3)c(F)c2)=NC/C=C/C=C1c1ccc(F)cc1Cl. The Bertz CT molecular complexity index is 1310. The monoisotopic (exact) mass is 469 g/mol. The lowest BCUT2D eigenvalue weighted by Gasteiger charge is -2.12. The maximum Gasteiger partial charge on any atom is 0.223 e. The van der Waals surface area contributed by atoms with E-state index in [-0.39, 0.29) is 28.9 Å². The van der Waals surface area contributed by atoms with Crippen LogP contribution in [0.5, 0.6) is 0 Å². The maximum atomic E-state index is 14.7. The highest BCUT2D eigenvalue weighted by Gasteiger charge is 2.16. The highest BCUT2D eigenvalue weighted by molar-refractivity contribution is 6.36. The van der Waals surface area contributed by atoms with Gasteiger partial charge in [-0.2, -0.15) is 0 Å². The summed E-state index contributed by atoms with van der Waals surface area (Å²) < 4.78 is 44.3. The number of aryl methyl sites for hydroxylation is 1. The molecule has 0 saturated heterocycles. The molecule has 168 valence electrons. The van der Waals surface area contributed by atoms with Gasteiger partial charge < -0.3 is 9.88 Å². The molecule has 4 rings (SSSR count). The van der Waals surface area contributed by atoms with Gasteiger partial charge in [0.25, 0.3) is 0 Å². The summed E-state index contributed by atoms with van der Waals surface area (Å²) >= 11 is 6.24. The number of aromatic nitrogens is 2. The van der Waals surface area contributed by atoms with Gasteiger partial charge in [-0.1, -0.05) is 29.8 Å². The Morgan fingerprint density at radius 2 is 1.82 bits per heavy atom. The van der Waals surface area contributed by atoms with Crippen molar-refractivity contribution in [2.45, 2.75) is 13.8 Å². The third-order valence-electron chi connectivity index (χ3n) is 4.87. The molecule has 3 aromatic rings. The molecule has 5 nitrogen and oxygen atoms in total. The Morgan fingerprint density at radius 3 is 2.48 bits per heavy atom. The van der Waals surface area contributed by atoms with Gasteiger partial charge in [-0.25, -0.2) is 28.1 Å². The fourth-order valence-electron chi connectivity index (χ4n) is 3.36. The average molecular weight is 470 g/mol. The summed E-state index contributed by atoms with van der Waals surface area (Å²) in [5, 5.41) is 3.11. The molecule has 1 aliphatic heterocycles. The molecule has 9 heteroatoms. The van der Waals surface area contributed by atoms with Crippen LogP contribution < -0.4 is 5.32 Å². The molecule has 0 atom stereocenters. The van der Waals surface area contributed by atoms with Crippen molar-refractivity contribution in [3.8, 4) is 5.69 Å². The van der Waals surface area contributed by atoms with Gasteiger partial charge in [-0.3, -0.25) is 0 Å². The van der Waals surface area contributed by atoms with Crippen LogP contribution in [0.3, 0.4) is 0 Å². The van der Waals surface area contributed by atoms with E-state index >= 15 is 0 Å². The van der Waals surface area contributed by atoms with Gasteiger partial charge in [0.05, 0.1) is 23.6 Å². The molecule has 0 fully saturated rings. The van der Waals surface area contributed by atoms with Crippen LogP contribution >= 0.6 is 11.6 Å². The minimum absolute atomic E-state index is 0.148. The van der Waals surface area contributed by atoms with Crippen LogP contribution in [-0.4, -0.2) is 27.8 Å². The largest absolute Gasteiger partial charge is 0.324 e. The molecule has 0 bridgehead atoms. The van der Waals surface area contributed by atoms with Gasteiger partial charge in [0.1, 0.15) is 11.5 Å². The summed E-state index contributed by atoms with van der Waals surface area (Å²) in [7, 11) is 0. The highest BCUT2D eigenvalue weighted by Crippen LogP contribution is 2.27. The summed E-state index contributed by atoms with van der Waals surface area (Å²) in [5.74, 6) is -1.82. The van der Waals surface area contributed by atoms with Gasteiger partial charge >= 0.3 is 0 Å². The van der Waals surface area contributed by atoms with E-state index in [0.29, 0.717) is 22.5 Å². The van der Waals surface area contributed by atoms with E-state index in [2.05, 4.69) is 20.3 Å². The van der Waals surface area contributed by atoms with Crippen LogP contribution in [-0.2, 0) is 0 Å². The zero-order chi connectivity index (χ0) is 23.5. The fourth-order valence-corrected chi connectivity index (χ4v) is 3.63. The number of hydrogen-bond acceptors (Lipinski definition) is 4. The predicted molar refractivity (Wildman–Crippen MR) is 126 cm³/mol. The summed E-state index contributed by atoms with van der Waals surface area (Å²) in [4.78, 5) is 12.8. The van der Waals surface area contributed by atoms with Crippen LogP contribution in [0, 0.1) is 24.4 Å². The summed E-state index contributed by atoms with van der Waals surface area (Å²) in [5.41, 5.74) is 2.36. The van der Waals surface area contributed by atoms with Crippen molar-refractivity contribution in [1.82, 2.24) is 9.55 Å². The van der Waals surface area contributed by atoms with Crippen LogP contribution in [0.1, 0.15) is 18.2 Å². The molecule has 0 aliphatic carbocycles. The zero-order valence-electron chi connectivity index (χ0n) is 17.8. The smallest absolute Gasteiger partial charge is 0.223 e. The number of hydrogen-bond donors (Lipinski definition) is 1. The molecular weight excluding hydrogens is 451 g/mol. The van der Waals surface area contributed by atoms with Gasteiger partial charge in [-0.15, -0.1) is 0 Å². The number of rotatable bonds is 3. The number of imidazole rings is 1. The Morgan fingerprint density at radius 1 is 1.06 bits per heavy atom. The van der Waals surface area contributed by atoms with Crippen molar-refractivity contribution in [3.05, 3.63) is 94.8 Å². The second-order valence-corrected chi connectivity index (χ2v) is 7.74. The number of halogens is 4. The van der Waals surface area contributed by atoms with E-state index in [4.69, 9.17) is 11.6 Å². The highest BCUT2D eigenvalue weighted by atomic mass is 35.5. The van der Waals surface area contributed by atoms with E-state index in [9.17, 15) is 13.2 Å². The number of nitrogens with zero attached hydrogens (tertiary/aromatic N) is 4. The molecule has 0 spiro atoms. The summed E-state index contributed by atoms with van der Waals surface area (Å²) in [6.45, 7) is 3.76. The molecule has 0 unspecified atom stereocenters. The number of allylic oxidation sites excluding steroid dienone is 3. The Hall–Kier alpha value is -3.65. The van der Waals surface area contributed by atoms with Crippen LogP contribution in [0.4, 0.5) is 18.9 Å². The van der Waals surface area contributed by atoms with Gasteiger partial charge in [0, 0.05) is 28.7 Å². The number of nitrogens with one attached hydrogen (secondary N) is 1. The van der Waals surface area contributed by atoms with E-state index in [0.717, 1.165) is 12.1 Å². The molecule has 1 N–H and O–H groups in total. The van der Waals surface area contributed by atoms with Gasteiger partial charge in [0.15, 0.2) is 11.6 Å². The molecule has 1 aliphatic rings. The van der Waals surface area contributed by atoms with Crippen molar-refractivity contribution in [2.24, 2.45) is 9.98 Å². The predicted octanol–water partition coefficient (Wildman–Crippen LogP) is 6.13. The quantitative estimate of drug-likeness (QED) is 0.501. The maximum absolute atomic E-state index is 14.7. The summed E-state index contributed by atoms with van der Waals surface area (Å²) in [6, 6.07) is 6.44. The Kier molecular flexibility index (Phi) is 6.46. The molecule has 1 aromatic heterocycles. The third kappa shape index (κ3) is 5.06. The van der Waals surface area contributed by atoms with Crippen molar-refractivity contribution in [3.63, 3.8) is 0 Å². The molecule has 0 amide bonds. The van der Waals surface area contributed by atoms with Gasteiger partial charge in [-0.05, 0) is 44.2 Å². The first-order valence-corrected chi connectivity index (χ1v) is 10.4. The molecule has 2 aromatic carbocycles. The van der Waals surface area contributed by atoms with Crippen molar-refractivity contribution in [1.29, 1.82) is 0 Å². The second-order valence-electron chi connectivity index (χ2n) is 7.33. The first-order valence-electron chi connectivity index (χ1n) is 10.0. The molecular formula is C24H19ClF3N5. The van der Waals surface area contributed by atoms with Gasteiger partial charge in [0.2, 0.25) is 5.96 Å². The number of anilines is 1. The summed E-state index contributed by atoms with van der Waals surface area (Å²) in [6.07, 6.45) is 8.27. The molecule has 2 heterocycles. The van der Waals surface area contributed by atoms with E-state index in [1.165, 1.54) is 29.2 Å². The first kappa shape index (κ1) is 22.5. The minimum atomic E-state index is -0.766. The van der Waals surface area contributed by atoms with E-state index in [1.54, 1.807) is 38.1 Å². The molecule has 0 saturated carbocycles. The van der Waals surface area contributed by atoms with Crippen molar-refractivity contribution in [2.75, 3.05) is 11.9 Å². The number of guanidine groups is 1. The van der Waals surface area contributed by atoms with Crippen LogP contribution in [0.2, 0.25) is 5.02 Å². The van der Waals surface area contributed by atoms with Crippen molar-refractivity contribution >= 4 is 34.5 Å². The fraction of sp³-hybridized carbons (Fsp3) is 0.125. The average Bonchev–Trinajstić information content (AvgIpc) is 3.18. The molecule has 0 radical (unpaired) electrons. The topological polar surface area (TPSA) is 54.6 Å². The lowest BCUT2D eigenvalue weighted by Crippen LogP contribution is -2.14. The number of aliphatic imine (C=N–C) groups is 2. The second kappa shape index (κ2) is 9.46. The van der Waals surface area contributed by atoms with E-state index in [1.807, 2.05) is 0 Å². The van der Waals surface area contributed by atoms with Crippen molar-refractivity contribution < 1.29 is 13.2 Å². The standard InChI is InChI=1S/C24H19ClF3N5/c1-14-12-33(13-30-14)23-21(27)10-17(11-22(23)28)32-24-29-8-4-3-5-18(15(2)31-24)19-7-6-16(26)9-20(19)25/h3-7,9-13H,8H2,1-2H3,(H,29,32)/b4-3+,18-5?,31-15?.